The summed E-state index contributed by atoms with van der Waals surface area (Å²) in [6.45, 7) is 0. The van der Waals surface area contributed by atoms with E-state index >= 15 is 0 Å². The van der Waals surface area contributed by atoms with Crippen LogP contribution in [0.2, 0.25) is 0 Å². The molecule has 0 heterocycles. The number of hydrogen-bond donors (Lipinski definition) is 4. The maximum absolute atomic E-state index is 12.4. The van der Waals surface area contributed by atoms with Crippen molar-refractivity contribution in [1.82, 2.24) is 0 Å². The SMILES string of the molecule is O=C(/C=C/c1ccccc1)Nc1ccc(N=Nc2ccc(/C=C/c3ccc(NC(=O)/C=C/c4ccccc4)cc3S(=O)(=O)O)c(S(=O)(=O)O)c2)cc1. The molecule has 52 heavy (non-hydrogen) atoms. The highest BCUT2D eigenvalue weighted by molar-refractivity contribution is 7.86. The molecule has 0 unspecified atom stereocenters. The summed E-state index contributed by atoms with van der Waals surface area (Å²) in [4.78, 5) is 23.6. The molecule has 0 radical (unpaired) electrons. The van der Waals surface area contributed by atoms with Crippen molar-refractivity contribution in [3.05, 3.63) is 156 Å². The zero-order valence-electron chi connectivity index (χ0n) is 27.1. The Morgan fingerprint density at radius 3 is 1.44 bits per heavy atom. The quantitative estimate of drug-likeness (QED) is 0.0428. The average molecular weight is 735 g/mol. The van der Waals surface area contributed by atoms with Gasteiger partial charge in [0.05, 0.1) is 11.4 Å². The lowest BCUT2D eigenvalue weighted by Crippen LogP contribution is -2.09. The van der Waals surface area contributed by atoms with Crippen LogP contribution in [0.4, 0.5) is 22.7 Å². The molecule has 0 fully saturated rings. The minimum Gasteiger partial charge on any atom is -0.323 e. The number of carbonyl (C=O) groups excluding carboxylic acids is 2. The molecule has 0 atom stereocenters. The highest BCUT2D eigenvalue weighted by atomic mass is 32.2. The smallest absolute Gasteiger partial charge is 0.295 e. The van der Waals surface area contributed by atoms with Gasteiger partial charge in [-0.1, -0.05) is 84.9 Å². The van der Waals surface area contributed by atoms with Crippen LogP contribution in [0.1, 0.15) is 22.3 Å². The molecular weight excluding hydrogens is 705 g/mol. The van der Waals surface area contributed by atoms with Crippen molar-refractivity contribution >= 4 is 79.1 Å². The Kier molecular flexibility index (Phi) is 11.8. The maximum Gasteiger partial charge on any atom is 0.295 e. The molecule has 0 bridgehead atoms. The van der Waals surface area contributed by atoms with Crippen molar-refractivity contribution in [2.45, 2.75) is 9.79 Å². The van der Waals surface area contributed by atoms with E-state index in [1.807, 2.05) is 36.4 Å². The predicted octanol–water partition coefficient (Wildman–Crippen LogP) is 8.07. The van der Waals surface area contributed by atoms with Crippen molar-refractivity contribution < 1.29 is 35.5 Å². The number of nitrogens with one attached hydrogen (secondary N) is 2. The zero-order valence-corrected chi connectivity index (χ0v) is 28.7. The lowest BCUT2D eigenvalue weighted by molar-refractivity contribution is -0.112. The molecule has 262 valence electrons. The van der Waals surface area contributed by atoms with Crippen molar-refractivity contribution in [1.29, 1.82) is 0 Å². The third kappa shape index (κ3) is 10.8. The Labute approximate surface area is 300 Å². The number of hydrogen-bond acceptors (Lipinski definition) is 8. The molecule has 0 spiro atoms. The fourth-order valence-corrected chi connectivity index (χ4v) is 6.08. The van der Waals surface area contributed by atoms with Crippen LogP contribution < -0.4 is 10.6 Å². The van der Waals surface area contributed by atoms with E-state index in [0.29, 0.717) is 11.4 Å². The third-order valence-corrected chi connectivity index (χ3v) is 8.96. The molecule has 2 amide bonds. The fraction of sp³-hybridized carbons (Fsp3) is 0. The second kappa shape index (κ2) is 16.6. The van der Waals surface area contributed by atoms with Crippen molar-refractivity contribution in [2.24, 2.45) is 10.2 Å². The second-order valence-electron chi connectivity index (χ2n) is 11.0. The van der Waals surface area contributed by atoms with E-state index in [2.05, 4.69) is 20.9 Å². The van der Waals surface area contributed by atoms with Gasteiger partial charge in [-0.25, -0.2) is 0 Å². The minimum absolute atomic E-state index is 0.0208. The summed E-state index contributed by atoms with van der Waals surface area (Å²) < 4.78 is 68.9. The van der Waals surface area contributed by atoms with Crippen LogP contribution >= 0.6 is 0 Å². The van der Waals surface area contributed by atoms with Crippen LogP contribution in [0.15, 0.2) is 153 Å². The predicted molar refractivity (Wildman–Crippen MR) is 200 cm³/mol. The van der Waals surface area contributed by atoms with Crippen molar-refractivity contribution in [3.8, 4) is 0 Å². The average Bonchev–Trinajstić information content (AvgIpc) is 3.12. The number of anilines is 2. The molecule has 12 nitrogen and oxygen atoms in total. The lowest BCUT2D eigenvalue weighted by atomic mass is 10.1. The van der Waals surface area contributed by atoms with Crippen LogP contribution in [-0.2, 0) is 29.8 Å². The van der Waals surface area contributed by atoms with Gasteiger partial charge < -0.3 is 10.6 Å². The van der Waals surface area contributed by atoms with E-state index in [0.717, 1.165) is 23.3 Å². The molecule has 0 aromatic heterocycles. The Balaban J connectivity index is 1.29. The third-order valence-electron chi connectivity index (χ3n) is 7.15. The van der Waals surface area contributed by atoms with Crippen LogP contribution in [0, 0.1) is 0 Å². The summed E-state index contributed by atoms with van der Waals surface area (Å²) in [5.74, 6) is -0.871. The van der Waals surface area contributed by atoms with Gasteiger partial charge in [-0.05, 0) is 82.9 Å². The first-order chi connectivity index (χ1) is 24.8. The highest BCUT2D eigenvalue weighted by Gasteiger charge is 2.18. The van der Waals surface area contributed by atoms with Gasteiger partial charge in [-0.15, -0.1) is 0 Å². The van der Waals surface area contributed by atoms with Gasteiger partial charge in [0.25, 0.3) is 20.2 Å². The van der Waals surface area contributed by atoms with Crippen LogP contribution in [0.3, 0.4) is 0 Å². The lowest BCUT2D eigenvalue weighted by Gasteiger charge is -2.08. The summed E-state index contributed by atoms with van der Waals surface area (Å²) in [5, 5.41) is 13.4. The number of azo groups is 1. The number of carbonyl (C=O) groups is 2. The van der Waals surface area contributed by atoms with Crippen molar-refractivity contribution in [2.75, 3.05) is 10.6 Å². The molecule has 0 aliphatic rings. The summed E-state index contributed by atoms with van der Waals surface area (Å²) in [6.07, 6.45) is 8.39. The molecule has 4 N–H and O–H groups in total. The Bertz CT molecular complexity index is 2430. The summed E-state index contributed by atoms with van der Waals surface area (Å²) in [5.41, 5.74) is 2.66. The van der Waals surface area contributed by atoms with Crippen LogP contribution in [0.25, 0.3) is 24.3 Å². The van der Waals surface area contributed by atoms with E-state index in [4.69, 9.17) is 0 Å². The van der Waals surface area contributed by atoms with E-state index in [9.17, 15) is 35.5 Å². The summed E-state index contributed by atoms with van der Waals surface area (Å²) >= 11 is 0. The van der Waals surface area contributed by atoms with E-state index in [-0.39, 0.29) is 28.4 Å². The Morgan fingerprint density at radius 1 is 0.500 bits per heavy atom. The summed E-state index contributed by atoms with van der Waals surface area (Å²) in [6, 6.07) is 32.4. The summed E-state index contributed by atoms with van der Waals surface area (Å²) in [7, 11) is -9.58. The highest BCUT2D eigenvalue weighted by Crippen LogP contribution is 2.28. The zero-order chi connectivity index (χ0) is 37.1. The molecule has 0 saturated heterocycles. The van der Waals surface area contributed by atoms with E-state index in [1.54, 1.807) is 60.7 Å². The Hall–Kier alpha value is -6.32. The molecule has 5 rings (SSSR count). The van der Waals surface area contributed by atoms with Gasteiger partial charge in [0.1, 0.15) is 9.79 Å². The number of benzene rings is 5. The second-order valence-corrected chi connectivity index (χ2v) is 13.8. The topological polar surface area (TPSA) is 192 Å². The van der Waals surface area contributed by atoms with E-state index < -0.39 is 35.9 Å². The van der Waals surface area contributed by atoms with Gasteiger partial charge >= 0.3 is 0 Å². The molecule has 14 heteroatoms. The molecule has 5 aromatic rings. The normalized spacial score (nSPS) is 12.2. The number of nitrogens with zero attached hydrogens (tertiary/aromatic N) is 2. The van der Waals surface area contributed by atoms with Gasteiger partial charge in [0.2, 0.25) is 11.8 Å². The Morgan fingerprint density at radius 2 is 0.923 bits per heavy atom. The number of rotatable bonds is 12. The molecular formula is C38H30N4O8S2. The van der Waals surface area contributed by atoms with Gasteiger partial charge in [-0.2, -0.15) is 27.1 Å². The van der Waals surface area contributed by atoms with Gasteiger partial charge in [0, 0.05) is 23.5 Å². The molecule has 5 aromatic carbocycles. The largest absolute Gasteiger partial charge is 0.323 e. The first-order valence-corrected chi connectivity index (χ1v) is 18.2. The van der Waals surface area contributed by atoms with Crippen LogP contribution in [0.5, 0.6) is 0 Å². The van der Waals surface area contributed by atoms with Gasteiger partial charge in [0.15, 0.2) is 0 Å². The molecule has 0 aliphatic heterocycles. The van der Waals surface area contributed by atoms with Crippen molar-refractivity contribution in [3.63, 3.8) is 0 Å². The first kappa shape index (κ1) is 36.9. The van der Waals surface area contributed by atoms with Gasteiger partial charge in [-0.3, -0.25) is 18.7 Å². The first-order valence-electron chi connectivity index (χ1n) is 15.3. The van der Waals surface area contributed by atoms with E-state index in [1.165, 1.54) is 48.6 Å². The van der Waals surface area contributed by atoms with Crippen LogP contribution in [-0.4, -0.2) is 37.8 Å². The maximum atomic E-state index is 12.4. The standard InChI is InChI=1S/C38H30N4O8S2/c43-37(23-11-27-7-3-1-4-8-27)39-31-19-21-32(22-20-31)41-42-34-18-16-30(36(26-34)52(48,49)50)14-13-29-15-17-33(25-35(29)51(45,46)47)40-38(44)24-12-28-9-5-2-6-10-28/h1-26H,(H,39,43)(H,40,44)(H,45,46,47)(H,48,49,50)/b14-13+,23-11+,24-12+,42-41?. The molecule has 0 aliphatic carbocycles. The molecule has 0 saturated carbocycles. The fourth-order valence-electron chi connectivity index (χ4n) is 4.67. The minimum atomic E-state index is -4.79. The number of amides is 2. The monoisotopic (exact) mass is 734 g/mol.